The molecular formula is C23H23NO6. The van der Waals surface area contributed by atoms with Gasteiger partial charge in [0.05, 0.1) is 24.8 Å². The van der Waals surface area contributed by atoms with Crippen molar-refractivity contribution >= 4 is 17.4 Å². The van der Waals surface area contributed by atoms with E-state index in [-0.39, 0.29) is 29.7 Å². The van der Waals surface area contributed by atoms with Crippen LogP contribution in [0.15, 0.2) is 54.1 Å². The van der Waals surface area contributed by atoms with E-state index in [9.17, 15) is 19.8 Å². The second-order valence-electron chi connectivity index (χ2n) is 7.41. The van der Waals surface area contributed by atoms with E-state index in [1.807, 2.05) is 0 Å². The van der Waals surface area contributed by atoms with Crippen LogP contribution in [0, 0.1) is 0 Å². The summed E-state index contributed by atoms with van der Waals surface area (Å²) in [4.78, 5) is 27.3. The topological polar surface area (TPSA) is 96.3 Å². The number of likely N-dealkylation sites (tertiary alicyclic amines) is 1. The number of carbonyl (C=O) groups excluding carboxylic acids is 2. The zero-order chi connectivity index (χ0) is 21.3. The number of carbonyl (C=O) groups is 2. The number of nitrogens with zero attached hydrogens (tertiary/aromatic N) is 1. The summed E-state index contributed by atoms with van der Waals surface area (Å²) >= 11 is 0. The highest BCUT2D eigenvalue weighted by Crippen LogP contribution is 2.40. The van der Waals surface area contributed by atoms with Crippen molar-refractivity contribution in [2.24, 2.45) is 0 Å². The van der Waals surface area contributed by atoms with Crippen LogP contribution in [0.1, 0.15) is 30.0 Å². The highest BCUT2D eigenvalue weighted by atomic mass is 16.5. The minimum atomic E-state index is -0.816. The highest BCUT2D eigenvalue weighted by Gasteiger charge is 2.47. The number of ketones is 1. The molecule has 2 aromatic carbocycles. The number of aromatic hydroxyl groups is 1. The van der Waals surface area contributed by atoms with Crippen LogP contribution in [0.3, 0.4) is 0 Å². The molecule has 2 N–H and O–H groups in total. The summed E-state index contributed by atoms with van der Waals surface area (Å²) in [6, 6.07) is 12.1. The number of aliphatic hydroxyl groups is 1. The maximum atomic E-state index is 13.0. The number of amides is 1. The van der Waals surface area contributed by atoms with Crippen LogP contribution in [0.2, 0.25) is 0 Å². The molecule has 156 valence electrons. The lowest BCUT2D eigenvalue weighted by Gasteiger charge is -2.27. The first-order chi connectivity index (χ1) is 14.5. The van der Waals surface area contributed by atoms with E-state index in [1.54, 1.807) is 36.4 Å². The third-order valence-corrected chi connectivity index (χ3v) is 5.51. The molecule has 7 nitrogen and oxygen atoms in total. The first-order valence-electron chi connectivity index (χ1n) is 9.83. The molecule has 0 aromatic heterocycles. The van der Waals surface area contributed by atoms with E-state index >= 15 is 0 Å². The van der Waals surface area contributed by atoms with Crippen molar-refractivity contribution in [2.45, 2.75) is 25.0 Å². The molecule has 1 amide bonds. The number of ether oxygens (including phenoxy) is 2. The Labute approximate surface area is 174 Å². The number of hydrogen-bond acceptors (Lipinski definition) is 6. The van der Waals surface area contributed by atoms with Crippen molar-refractivity contribution in [2.75, 3.05) is 20.3 Å². The maximum Gasteiger partial charge on any atom is 0.295 e. The van der Waals surface area contributed by atoms with Crippen LogP contribution in [0.25, 0.3) is 5.76 Å². The van der Waals surface area contributed by atoms with Crippen LogP contribution in [-0.2, 0) is 14.3 Å². The summed E-state index contributed by atoms with van der Waals surface area (Å²) in [7, 11) is 1.54. The molecule has 4 rings (SSSR count). The van der Waals surface area contributed by atoms with Gasteiger partial charge in [0.25, 0.3) is 11.7 Å². The maximum absolute atomic E-state index is 13.0. The molecule has 2 atom stereocenters. The fourth-order valence-electron chi connectivity index (χ4n) is 4.02. The lowest BCUT2D eigenvalue weighted by Crippen LogP contribution is -2.36. The molecule has 0 radical (unpaired) electrons. The Morgan fingerprint density at radius 1 is 1.20 bits per heavy atom. The normalized spacial score (nSPS) is 23.2. The van der Waals surface area contributed by atoms with Crippen molar-refractivity contribution in [1.29, 1.82) is 0 Å². The quantitative estimate of drug-likeness (QED) is 0.448. The number of rotatable bonds is 5. The number of Topliss-reactive ketones (excluding diaryl/α,β-unsaturated/α-hetero) is 1. The van der Waals surface area contributed by atoms with E-state index < -0.39 is 17.7 Å². The van der Waals surface area contributed by atoms with Crippen molar-refractivity contribution in [3.8, 4) is 11.5 Å². The third kappa shape index (κ3) is 3.64. The smallest absolute Gasteiger partial charge is 0.295 e. The van der Waals surface area contributed by atoms with E-state index in [2.05, 4.69) is 0 Å². The van der Waals surface area contributed by atoms with Crippen LogP contribution in [0.5, 0.6) is 11.5 Å². The minimum Gasteiger partial charge on any atom is -0.508 e. The van der Waals surface area contributed by atoms with Gasteiger partial charge in [-0.15, -0.1) is 0 Å². The zero-order valence-electron chi connectivity index (χ0n) is 16.6. The molecule has 2 aromatic rings. The molecule has 7 heteroatoms. The molecule has 2 heterocycles. The highest BCUT2D eigenvalue weighted by molar-refractivity contribution is 6.46. The first-order valence-corrected chi connectivity index (χ1v) is 9.83. The monoisotopic (exact) mass is 409 g/mol. The van der Waals surface area contributed by atoms with Gasteiger partial charge in [0, 0.05) is 18.7 Å². The van der Waals surface area contributed by atoms with E-state index in [0.717, 1.165) is 12.8 Å². The number of phenolic OH excluding ortho intramolecular Hbond substituents is 1. The van der Waals surface area contributed by atoms with Crippen LogP contribution in [0.4, 0.5) is 0 Å². The molecule has 2 aliphatic rings. The Balaban J connectivity index is 1.81. The number of hydrogen-bond donors (Lipinski definition) is 2. The lowest BCUT2D eigenvalue weighted by molar-refractivity contribution is -0.140. The summed E-state index contributed by atoms with van der Waals surface area (Å²) in [6.07, 6.45) is 1.54. The van der Waals surface area contributed by atoms with E-state index in [1.165, 1.54) is 24.1 Å². The third-order valence-electron chi connectivity index (χ3n) is 5.51. The van der Waals surface area contributed by atoms with Crippen molar-refractivity contribution in [3.63, 3.8) is 0 Å². The molecule has 0 unspecified atom stereocenters. The van der Waals surface area contributed by atoms with E-state index in [0.29, 0.717) is 23.5 Å². The molecule has 0 saturated carbocycles. The van der Waals surface area contributed by atoms with E-state index in [4.69, 9.17) is 9.47 Å². The van der Waals surface area contributed by atoms with Crippen molar-refractivity contribution in [1.82, 2.24) is 4.90 Å². The Bertz CT molecular complexity index is 991. The molecule has 0 aliphatic carbocycles. The standard InChI is InChI=1S/C23H23NO6/c1-29-17-9-7-14(8-10-17)21(26)19-20(15-4-2-5-16(25)12-15)24(23(28)22(19)27)13-18-6-3-11-30-18/h2,4-5,7-10,12,18,20,25-26H,3,6,11,13H2,1H3/t18-,20+/m0/s1. The number of benzene rings is 2. The fourth-order valence-corrected chi connectivity index (χ4v) is 4.02. The van der Waals surface area contributed by atoms with Gasteiger partial charge in [-0.2, -0.15) is 0 Å². The summed E-state index contributed by atoms with van der Waals surface area (Å²) in [6.45, 7) is 0.863. The first kappa shape index (κ1) is 20.0. The Kier molecular flexibility index (Phi) is 5.46. The Morgan fingerprint density at radius 2 is 1.97 bits per heavy atom. The van der Waals surface area contributed by atoms with Crippen LogP contribution in [-0.4, -0.2) is 53.2 Å². The van der Waals surface area contributed by atoms with Crippen molar-refractivity contribution in [3.05, 3.63) is 65.2 Å². The number of phenols is 1. The average molecular weight is 409 g/mol. The molecule has 0 bridgehead atoms. The molecule has 30 heavy (non-hydrogen) atoms. The zero-order valence-corrected chi connectivity index (χ0v) is 16.6. The summed E-state index contributed by atoms with van der Waals surface area (Å²) in [5.74, 6) is -1.09. The summed E-state index contributed by atoms with van der Waals surface area (Å²) in [5.41, 5.74) is 0.937. The predicted octanol–water partition coefficient (Wildman–Crippen LogP) is 3.00. The molecule has 0 spiro atoms. The second kappa shape index (κ2) is 8.20. The van der Waals surface area contributed by atoms with Gasteiger partial charge in [0.2, 0.25) is 0 Å². The Hall–Kier alpha value is -3.32. The lowest BCUT2D eigenvalue weighted by atomic mass is 9.95. The van der Waals surface area contributed by atoms with Gasteiger partial charge >= 0.3 is 0 Å². The van der Waals surface area contributed by atoms with Gasteiger partial charge in [0.15, 0.2) is 0 Å². The SMILES string of the molecule is COc1ccc(C(O)=C2C(=O)C(=O)N(C[C@@H]3CCCO3)[C@@H]2c2cccc(O)c2)cc1. The van der Waals surface area contributed by atoms with Crippen LogP contribution < -0.4 is 4.74 Å². The molecule has 2 fully saturated rings. The van der Waals surface area contributed by atoms with Gasteiger partial charge in [0.1, 0.15) is 17.3 Å². The van der Waals surface area contributed by atoms with Crippen LogP contribution >= 0.6 is 0 Å². The number of methoxy groups -OCH3 is 1. The largest absolute Gasteiger partial charge is 0.508 e. The fraction of sp³-hybridized carbons (Fsp3) is 0.304. The second-order valence-corrected chi connectivity index (χ2v) is 7.41. The average Bonchev–Trinajstić information content (AvgIpc) is 3.36. The summed E-state index contributed by atoms with van der Waals surface area (Å²) < 4.78 is 10.8. The Morgan fingerprint density at radius 3 is 2.60 bits per heavy atom. The van der Waals surface area contributed by atoms with Gasteiger partial charge in [-0.1, -0.05) is 12.1 Å². The van der Waals surface area contributed by atoms with Gasteiger partial charge in [-0.25, -0.2) is 0 Å². The molecule has 2 saturated heterocycles. The van der Waals surface area contributed by atoms with Gasteiger partial charge in [-0.3, -0.25) is 9.59 Å². The minimum absolute atomic E-state index is 0.00577. The molecule has 2 aliphatic heterocycles. The summed E-state index contributed by atoms with van der Waals surface area (Å²) in [5, 5.41) is 21.0. The van der Waals surface area contributed by atoms with Crippen molar-refractivity contribution < 1.29 is 29.3 Å². The number of aliphatic hydroxyl groups excluding tert-OH is 1. The van der Waals surface area contributed by atoms with Gasteiger partial charge in [-0.05, 0) is 54.8 Å². The predicted molar refractivity (Wildman–Crippen MR) is 109 cm³/mol. The van der Waals surface area contributed by atoms with Gasteiger partial charge < -0.3 is 24.6 Å². The molecular weight excluding hydrogens is 386 g/mol.